The van der Waals surface area contributed by atoms with Gasteiger partial charge in [-0.25, -0.2) is 12.8 Å². The van der Waals surface area contributed by atoms with Crippen LogP contribution in [0.25, 0.3) is 0 Å². The van der Waals surface area contributed by atoms with Crippen LogP contribution < -0.4 is 15.0 Å². The number of rotatable bonds is 6. The molecule has 1 aliphatic heterocycles. The van der Waals surface area contributed by atoms with Gasteiger partial charge in [-0.3, -0.25) is 4.79 Å². The third-order valence-corrected chi connectivity index (χ3v) is 6.72. The van der Waals surface area contributed by atoms with Crippen molar-refractivity contribution >= 4 is 21.6 Å². The van der Waals surface area contributed by atoms with Crippen molar-refractivity contribution in [3.8, 4) is 5.75 Å². The molecule has 1 saturated heterocycles. The van der Waals surface area contributed by atoms with E-state index in [1.165, 1.54) is 35.7 Å². The van der Waals surface area contributed by atoms with Crippen LogP contribution in [0.4, 0.5) is 10.1 Å². The topological polar surface area (TPSA) is 79.0 Å². The van der Waals surface area contributed by atoms with E-state index in [9.17, 15) is 17.6 Å². The average Bonchev–Trinajstić information content (AvgIpc) is 2.74. The van der Waals surface area contributed by atoms with Gasteiger partial charge in [0, 0.05) is 32.7 Å². The van der Waals surface area contributed by atoms with Gasteiger partial charge in [0.05, 0.1) is 23.3 Å². The summed E-state index contributed by atoms with van der Waals surface area (Å²) >= 11 is 0. The van der Waals surface area contributed by atoms with Gasteiger partial charge >= 0.3 is 0 Å². The van der Waals surface area contributed by atoms with E-state index < -0.39 is 15.9 Å². The number of sulfonamides is 1. The van der Waals surface area contributed by atoms with Crippen LogP contribution >= 0.6 is 0 Å². The predicted molar refractivity (Wildman–Crippen MR) is 108 cm³/mol. The Balaban J connectivity index is 1.80. The van der Waals surface area contributed by atoms with E-state index in [1.807, 2.05) is 4.90 Å². The number of methoxy groups -OCH3 is 1. The molecule has 0 spiro atoms. The summed E-state index contributed by atoms with van der Waals surface area (Å²) in [5.41, 5.74) is 0.632. The smallest absolute Gasteiger partial charge is 0.255 e. The highest BCUT2D eigenvalue weighted by atomic mass is 32.2. The maximum atomic E-state index is 14.0. The fraction of sp³-hybridized carbons (Fsp3) is 0.350. The van der Waals surface area contributed by atoms with Crippen LogP contribution in [0.2, 0.25) is 0 Å². The predicted octanol–water partition coefficient (Wildman–Crippen LogP) is 2.09. The normalized spacial score (nSPS) is 15.2. The van der Waals surface area contributed by atoms with Crippen molar-refractivity contribution < 1.29 is 22.3 Å². The molecule has 0 saturated carbocycles. The first-order chi connectivity index (χ1) is 13.9. The van der Waals surface area contributed by atoms with Crippen molar-refractivity contribution in [1.82, 2.24) is 9.62 Å². The number of nitrogens with one attached hydrogen (secondary N) is 1. The van der Waals surface area contributed by atoms with Crippen LogP contribution in [0.5, 0.6) is 5.75 Å². The minimum atomic E-state index is -3.80. The van der Waals surface area contributed by atoms with Crippen molar-refractivity contribution in [2.75, 3.05) is 44.7 Å². The zero-order chi connectivity index (χ0) is 21.0. The number of hydrogen-bond acceptors (Lipinski definition) is 5. The number of hydrogen-bond donors (Lipinski definition) is 1. The number of halogens is 1. The van der Waals surface area contributed by atoms with Gasteiger partial charge in [0.1, 0.15) is 11.6 Å². The molecule has 0 unspecified atom stereocenters. The van der Waals surface area contributed by atoms with Crippen LogP contribution in [0.3, 0.4) is 0 Å². The number of ether oxygens (including phenoxy) is 1. The molecular weight excluding hydrogens is 397 g/mol. The number of amides is 1. The second kappa shape index (κ2) is 8.79. The van der Waals surface area contributed by atoms with E-state index in [1.54, 1.807) is 25.1 Å². The molecule has 1 aliphatic rings. The summed E-state index contributed by atoms with van der Waals surface area (Å²) < 4.78 is 46.7. The van der Waals surface area contributed by atoms with Gasteiger partial charge in [0.25, 0.3) is 5.91 Å². The van der Waals surface area contributed by atoms with Crippen molar-refractivity contribution in [3.05, 3.63) is 53.8 Å². The van der Waals surface area contributed by atoms with Gasteiger partial charge in [-0.15, -0.1) is 0 Å². The first-order valence-corrected chi connectivity index (χ1v) is 10.8. The Morgan fingerprint density at radius 3 is 2.45 bits per heavy atom. The third kappa shape index (κ3) is 4.35. The summed E-state index contributed by atoms with van der Waals surface area (Å²) in [7, 11) is -2.37. The molecule has 156 valence electrons. The van der Waals surface area contributed by atoms with Crippen molar-refractivity contribution in [2.45, 2.75) is 11.8 Å². The summed E-state index contributed by atoms with van der Waals surface area (Å²) in [4.78, 5) is 14.1. The van der Waals surface area contributed by atoms with E-state index in [0.717, 1.165) is 0 Å². The zero-order valence-electron chi connectivity index (χ0n) is 16.4. The van der Waals surface area contributed by atoms with Gasteiger partial charge in [-0.2, -0.15) is 4.31 Å². The van der Waals surface area contributed by atoms with Gasteiger partial charge in [-0.1, -0.05) is 12.1 Å². The maximum Gasteiger partial charge on any atom is 0.255 e. The number of carbonyl (C=O) groups is 1. The monoisotopic (exact) mass is 421 g/mol. The number of nitrogens with zero attached hydrogens (tertiary/aromatic N) is 2. The van der Waals surface area contributed by atoms with Crippen LogP contribution in [-0.4, -0.2) is 58.5 Å². The molecule has 0 bridgehead atoms. The molecule has 29 heavy (non-hydrogen) atoms. The second-order valence-electron chi connectivity index (χ2n) is 6.56. The van der Waals surface area contributed by atoms with Gasteiger partial charge in [-0.05, 0) is 37.3 Å². The molecule has 0 atom stereocenters. The lowest BCUT2D eigenvalue weighted by atomic mass is 10.2. The van der Waals surface area contributed by atoms with E-state index in [0.29, 0.717) is 31.1 Å². The van der Waals surface area contributed by atoms with Gasteiger partial charge < -0.3 is 15.0 Å². The summed E-state index contributed by atoms with van der Waals surface area (Å²) in [6, 6.07) is 10.7. The highest BCUT2D eigenvalue weighted by Gasteiger charge is 2.30. The van der Waals surface area contributed by atoms with E-state index in [4.69, 9.17) is 4.74 Å². The number of benzene rings is 2. The first-order valence-electron chi connectivity index (χ1n) is 9.34. The molecule has 0 aromatic heterocycles. The molecule has 7 nitrogen and oxygen atoms in total. The molecule has 2 aromatic rings. The number of carbonyl (C=O) groups excluding carboxylic acids is 1. The standard InChI is InChI=1S/C20H24FN3O4S/c1-3-22-20(25)16-14-15(8-9-19(16)28-2)29(26,27)24-12-10-23(11-13-24)18-7-5-4-6-17(18)21/h4-9,14H,3,10-13H2,1-2H3,(H,22,25). The summed E-state index contributed by atoms with van der Waals surface area (Å²) in [5, 5.41) is 2.65. The molecule has 1 amide bonds. The van der Waals surface area contributed by atoms with Crippen LogP contribution in [-0.2, 0) is 10.0 Å². The fourth-order valence-corrected chi connectivity index (χ4v) is 4.76. The largest absolute Gasteiger partial charge is 0.496 e. The number of para-hydroxylation sites is 1. The van der Waals surface area contributed by atoms with Crippen LogP contribution in [0.1, 0.15) is 17.3 Å². The summed E-state index contributed by atoms with van der Waals surface area (Å²) in [6.07, 6.45) is 0. The lowest BCUT2D eigenvalue weighted by Crippen LogP contribution is -2.48. The molecule has 1 heterocycles. The van der Waals surface area contributed by atoms with Gasteiger partial charge in [0.2, 0.25) is 10.0 Å². The quantitative estimate of drug-likeness (QED) is 0.773. The first kappa shape index (κ1) is 21.1. The molecule has 0 aliphatic carbocycles. The molecule has 9 heteroatoms. The minimum Gasteiger partial charge on any atom is -0.496 e. The number of anilines is 1. The molecule has 2 aromatic carbocycles. The Bertz CT molecular complexity index is 989. The Morgan fingerprint density at radius 1 is 1.14 bits per heavy atom. The minimum absolute atomic E-state index is 0.0268. The maximum absolute atomic E-state index is 14.0. The lowest BCUT2D eigenvalue weighted by molar-refractivity contribution is 0.0952. The molecule has 0 radical (unpaired) electrons. The van der Waals surface area contributed by atoms with E-state index >= 15 is 0 Å². The summed E-state index contributed by atoms with van der Waals surface area (Å²) in [5.74, 6) is -0.421. The highest BCUT2D eigenvalue weighted by molar-refractivity contribution is 7.89. The molecular formula is C20H24FN3O4S. The van der Waals surface area contributed by atoms with Crippen molar-refractivity contribution in [1.29, 1.82) is 0 Å². The Kier molecular flexibility index (Phi) is 6.39. The Hall–Kier alpha value is -2.65. The SMILES string of the molecule is CCNC(=O)c1cc(S(=O)(=O)N2CCN(c3ccccc3F)CC2)ccc1OC. The van der Waals surface area contributed by atoms with Gasteiger partial charge in [0.15, 0.2) is 0 Å². The van der Waals surface area contributed by atoms with E-state index in [2.05, 4.69) is 5.32 Å². The van der Waals surface area contributed by atoms with Crippen molar-refractivity contribution in [3.63, 3.8) is 0 Å². The highest BCUT2D eigenvalue weighted by Crippen LogP contribution is 2.26. The average molecular weight is 421 g/mol. The number of piperazine rings is 1. The third-order valence-electron chi connectivity index (χ3n) is 4.82. The molecule has 1 N–H and O–H groups in total. The van der Waals surface area contributed by atoms with Crippen LogP contribution in [0.15, 0.2) is 47.4 Å². The summed E-state index contributed by atoms with van der Waals surface area (Å²) in [6.45, 7) is 3.38. The fourth-order valence-electron chi connectivity index (χ4n) is 3.31. The second-order valence-corrected chi connectivity index (χ2v) is 8.50. The zero-order valence-corrected chi connectivity index (χ0v) is 17.2. The van der Waals surface area contributed by atoms with Crippen LogP contribution in [0, 0.1) is 5.82 Å². The molecule has 3 rings (SSSR count). The van der Waals surface area contributed by atoms with Crippen molar-refractivity contribution in [2.24, 2.45) is 0 Å². The Labute approximate surface area is 170 Å². The van der Waals surface area contributed by atoms with E-state index in [-0.39, 0.29) is 29.4 Å². The molecule has 1 fully saturated rings. The Morgan fingerprint density at radius 2 is 1.83 bits per heavy atom. The lowest BCUT2D eigenvalue weighted by Gasteiger charge is -2.35.